The van der Waals surface area contributed by atoms with Crippen LogP contribution in [0.1, 0.15) is 20.9 Å². The van der Waals surface area contributed by atoms with Crippen LogP contribution in [0, 0.1) is 11.6 Å². The van der Waals surface area contributed by atoms with Gasteiger partial charge in [-0.05, 0) is 17.7 Å². The van der Waals surface area contributed by atoms with Gasteiger partial charge in [0.1, 0.15) is 17.3 Å². The number of hydrogen-bond donors (Lipinski definition) is 1. The van der Waals surface area contributed by atoms with Crippen LogP contribution in [0.4, 0.5) is 24.4 Å². The van der Waals surface area contributed by atoms with E-state index in [0.29, 0.717) is 30.0 Å². The molecule has 2 heterocycles. The van der Waals surface area contributed by atoms with Crippen LogP contribution in [0.2, 0.25) is 0 Å². The van der Waals surface area contributed by atoms with Gasteiger partial charge in [-0.2, -0.15) is 0 Å². The summed E-state index contributed by atoms with van der Waals surface area (Å²) in [5, 5.41) is 2.69. The maximum atomic E-state index is 13.7. The van der Waals surface area contributed by atoms with E-state index in [4.69, 9.17) is 0 Å². The number of aromatic nitrogens is 1. The van der Waals surface area contributed by atoms with Crippen molar-refractivity contribution in [1.29, 1.82) is 0 Å². The number of fused-ring (bicyclic) bond motifs is 1. The van der Waals surface area contributed by atoms with Crippen molar-refractivity contribution in [2.75, 3.05) is 17.3 Å². The molecule has 0 bridgehead atoms. The molecule has 0 saturated carbocycles. The Bertz CT molecular complexity index is 1090. The minimum absolute atomic E-state index is 0.141. The smallest absolute Gasteiger partial charge is 0.327 e. The summed E-state index contributed by atoms with van der Waals surface area (Å²) in [6.07, 6.45) is 0. The van der Waals surface area contributed by atoms with Gasteiger partial charge in [0.05, 0.1) is 17.1 Å². The zero-order chi connectivity index (χ0) is 20.5. The van der Waals surface area contributed by atoms with Gasteiger partial charge in [0.15, 0.2) is 5.13 Å². The summed E-state index contributed by atoms with van der Waals surface area (Å²) in [6, 6.07) is 11.9. The highest BCUT2D eigenvalue weighted by atomic mass is 32.1. The summed E-state index contributed by atoms with van der Waals surface area (Å²) in [5.74, 6) is -1.80. The van der Waals surface area contributed by atoms with Gasteiger partial charge in [0.25, 0.3) is 5.91 Å². The molecule has 3 amide bonds. The molecule has 4 rings (SSSR count). The molecule has 148 valence electrons. The fourth-order valence-corrected chi connectivity index (χ4v) is 3.99. The summed E-state index contributed by atoms with van der Waals surface area (Å²) >= 11 is 1.23. The average Bonchev–Trinajstić information content (AvgIpc) is 3.24. The number of halogens is 2. The molecule has 1 aliphatic heterocycles. The lowest BCUT2D eigenvalue weighted by Gasteiger charge is -2.17. The quantitative estimate of drug-likeness (QED) is 0.694. The van der Waals surface area contributed by atoms with Crippen molar-refractivity contribution < 1.29 is 18.4 Å². The van der Waals surface area contributed by atoms with Gasteiger partial charge in [-0.3, -0.25) is 9.69 Å². The van der Waals surface area contributed by atoms with E-state index < -0.39 is 17.7 Å². The molecule has 0 spiro atoms. The number of urea groups is 1. The topological polar surface area (TPSA) is 65.5 Å². The molecule has 6 nitrogen and oxygen atoms in total. The molecule has 2 aromatic carbocycles. The van der Waals surface area contributed by atoms with Crippen molar-refractivity contribution >= 4 is 34.1 Å². The van der Waals surface area contributed by atoms with E-state index in [1.54, 1.807) is 4.90 Å². The lowest BCUT2D eigenvalue weighted by molar-refractivity contribution is 0.0762. The molecule has 1 aliphatic rings. The summed E-state index contributed by atoms with van der Waals surface area (Å²) in [4.78, 5) is 33.0. The number of nitrogens with one attached hydrogen (secondary N) is 1. The molecule has 3 aromatic rings. The highest BCUT2D eigenvalue weighted by Gasteiger charge is 2.33. The van der Waals surface area contributed by atoms with E-state index in [2.05, 4.69) is 10.3 Å². The Morgan fingerprint density at radius 1 is 1.24 bits per heavy atom. The third kappa shape index (κ3) is 3.81. The molecule has 0 aliphatic carbocycles. The summed E-state index contributed by atoms with van der Waals surface area (Å²) in [7, 11) is 1.47. The third-order valence-corrected chi connectivity index (χ3v) is 5.61. The molecule has 9 heteroatoms. The first-order valence-corrected chi connectivity index (χ1v) is 9.56. The fraction of sp³-hybridized carbons (Fsp3) is 0.150. The minimum Gasteiger partial charge on any atom is -0.328 e. The Kier molecular flexibility index (Phi) is 4.98. The molecule has 0 atom stereocenters. The van der Waals surface area contributed by atoms with Gasteiger partial charge in [-0.25, -0.2) is 18.6 Å². The van der Waals surface area contributed by atoms with Crippen molar-refractivity contribution in [1.82, 2.24) is 9.88 Å². The normalized spacial score (nSPS) is 12.8. The second-order valence-electron chi connectivity index (χ2n) is 6.53. The molecule has 1 N–H and O–H groups in total. The van der Waals surface area contributed by atoms with Crippen LogP contribution in [-0.2, 0) is 13.1 Å². The molecular weight excluding hydrogens is 398 g/mol. The Labute approximate surface area is 169 Å². The standard InChI is InChI=1S/C20H16F2N4O2S/c1-25(19(28)23-15-8-7-13(21)9-14(15)22)20-24-17-16(29-20)11-26(18(17)27)10-12-5-3-2-4-6-12/h2-9H,10-11H2,1H3,(H,23,28). The van der Waals surface area contributed by atoms with Crippen LogP contribution in [-0.4, -0.2) is 28.9 Å². The number of nitrogens with zero attached hydrogens (tertiary/aromatic N) is 3. The minimum atomic E-state index is -0.875. The van der Waals surface area contributed by atoms with Crippen LogP contribution >= 0.6 is 11.3 Å². The van der Waals surface area contributed by atoms with Gasteiger partial charge >= 0.3 is 6.03 Å². The maximum Gasteiger partial charge on any atom is 0.327 e. The predicted octanol–water partition coefficient (Wildman–Crippen LogP) is 4.25. The van der Waals surface area contributed by atoms with Crippen molar-refractivity contribution in [3.8, 4) is 0 Å². The Balaban J connectivity index is 1.45. The van der Waals surface area contributed by atoms with Crippen LogP contribution in [0.5, 0.6) is 0 Å². The number of carbonyl (C=O) groups excluding carboxylic acids is 2. The Morgan fingerprint density at radius 3 is 2.69 bits per heavy atom. The van der Waals surface area contributed by atoms with Gasteiger partial charge in [0, 0.05) is 19.7 Å². The highest BCUT2D eigenvalue weighted by Crippen LogP contribution is 2.33. The van der Waals surface area contributed by atoms with Gasteiger partial charge in [0.2, 0.25) is 0 Å². The Morgan fingerprint density at radius 2 is 2.00 bits per heavy atom. The van der Waals surface area contributed by atoms with E-state index in [1.807, 2.05) is 30.3 Å². The first-order chi connectivity index (χ1) is 13.9. The van der Waals surface area contributed by atoms with Crippen LogP contribution < -0.4 is 10.2 Å². The third-order valence-electron chi connectivity index (χ3n) is 4.49. The van der Waals surface area contributed by atoms with Crippen molar-refractivity contribution in [2.24, 2.45) is 0 Å². The van der Waals surface area contributed by atoms with Crippen LogP contribution in [0.3, 0.4) is 0 Å². The number of amides is 3. The molecule has 1 aromatic heterocycles. The molecule has 0 saturated heterocycles. The number of thiazole rings is 1. The highest BCUT2D eigenvalue weighted by molar-refractivity contribution is 7.16. The molecule has 0 unspecified atom stereocenters. The summed E-state index contributed by atoms with van der Waals surface area (Å²) in [5.41, 5.74) is 1.21. The van der Waals surface area contributed by atoms with Crippen molar-refractivity contribution in [3.63, 3.8) is 0 Å². The number of rotatable bonds is 4. The zero-order valence-electron chi connectivity index (χ0n) is 15.4. The molecule has 29 heavy (non-hydrogen) atoms. The van der Waals surface area contributed by atoms with Gasteiger partial charge < -0.3 is 10.2 Å². The summed E-state index contributed by atoms with van der Waals surface area (Å²) < 4.78 is 26.7. The number of benzene rings is 2. The van der Waals surface area contributed by atoms with E-state index in [9.17, 15) is 18.4 Å². The number of carbonyl (C=O) groups is 2. The first-order valence-electron chi connectivity index (χ1n) is 8.75. The molecule has 0 radical (unpaired) electrons. The summed E-state index contributed by atoms with van der Waals surface area (Å²) in [6.45, 7) is 0.904. The second-order valence-corrected chi connectivity index (χ2v) is 7.59. The van der Waals surface area contributed by atoms with E-state index in [1.165, 1.54) is 23.3 Å². The van der Waals surface area contributed by atoms with Gasteiger partial charge in [-0.15, -0.1) is 0 Å². The van der Waals surface area contributed by atoms with E-state index >= 15 is 0 Å². The fourth-order valence-electron chi connectivity index (χ4n) is 2.96. The predicted molar refractivity (Wildman–Crippen MR) is 106 cm³/mol. The number of anilines is 2. The lowest BCUT2D eigenvalue weighted by atomic mass is 10.2. The average molecular weight is 414 g/mol. The van der Waals surface area contributed by atoms with Crippen LogP contribution in [0.25, 0.3) is 0 Å². The monoisotopic (exact) mass is 414 g/mol. The lowest BCUT2D eigenvalue weighted by Crippen LogP contribution is -2.31. The van der Waals surface area contributed by atoms with E-state index in [0.717, 1.165) is 22.6 Å². The number of hydrogen-bond acceptors (Lipinski definition) is 4. The Hall–Kier alpha value is -3.33. The molecule has 0 fully saturated rings. The van der Waals surface area contributed by atoms with Crippen LogP contribution in [0.15, 0.2) is 48.5 Å². The van der Waals surface area contributed by atoms with E-state index in [-0.39, 0.29) is 11.6 Å². The largest absolute Gasteiger partial charge is 0.328 e. The second kappa shape index (κ2) is 7.59. The van der Waals surface area contributed by atoms with Crippen molar-refractivity contribution in [2.45, 2.75) is 13.1 Å². The zero-order valence-corrected chi connectivity index (χ0v) is 16.2. The first kappa shape index (κ1) is 19.0. The maximum absolute atomic E-state index is 13.7. The van der Waals surface area contributed by atoms with Gasteiger partial charge in [-0.1, -0.05) is 41.7 Å². The molecular formula is C20H16F2N4O2S. The SMILES string of the molecule is CN(C(=O)Nc1ccc(F)cc1F)c1nc2c(s1)CN(Cc1ccccc1)C2=O. The van der Waals surface area contributed by atoms with Crippen molar-refractivity contribution in [3.05, 3.63) is 76.3 Å².